The molecule has 140 valence electrons. The summed E-state index contributed by atoms with van der Waals surface area (Å²) in [6.45, 7) is 12.7. The summed E-state index contributed by atoms with van der Waals surface area (Å²) in [6.07, 6.45) is 0.492. The molecule has 1 aliphatic rings. The van der Waals surface area contributed by atoms with Gasteiger partial charge in [-0.15, -0.1) is 0 Å². The Bertz CT molecular complexity index is 757. The van der Waals surface area contributed by atoms with E-state index in [4.69, 9.17) is 10.5 Å². The second-order valence-electron chi connectivity index (χ2n) is 7.59. The van der Waals surface area contributed by atoms with Crippen LogP contribution in [0.5, 0.6) is 0 Å². The molecule has 1 saturated heterocycles. The molecule has 4 nitrogen and oxygen atoms in total. The third-order valence-corrected chi connectivity index (χ3v) is 5.39. The van der Waals surface area contributed by atoms with Gasteiger partial charge in [-0.3, -0.25) is 0 Å². The van der Waals surface area contributed by atoms with E-state index in [1.807, 2.05) is 12.1 Å². The third kappa shape index (κ3) is 3.96. The van der Waals surface area contributed by atoms with Crippen LogP contribution in [-0.4, -0.2) is 24.8 Å². The third-order valence-electron chi connectivity index (χ3n) is 5.39. The molecule has 2 aromatic carbocycles. The SMILES string of the molecule is Cc1cc(N2CC(C)OC(C)C2C)c(C)cc1NCc1ccc(N)cc1. The van der Waals surface area contributed by atoms with Crippen LogP contribution in [0.15, 0.2) is 36.4 Å². The van der Waals surface area contributed by atoms with E-state index in [0.29, 0.717) is 6.04 Å². The van der Waals surface area contributed by atoms with Crippen molar-refractivity contribution >= 4 is 17.1 Å². The minimum Gasteiger partial charge on any atom is -0.399 e. The zero-order chi connectivity index (χ0) is 18.8. The van der Waals surface area contributed by atoms with Gasteiger partial charge in [0, 0.05) is 30.2 Å². The Kier molecular flexibility index (Phi) is 5.42. The number of benzene rings is 2. The minimum atomic E-state index is 0.238. The number of nitrogens with one attached hydrogen (secondary N) is 1. The Morgan fingerprint density at radius 1 is 1.08 bits per heavy atom. The number of morpholine rings is 1. The predicted molar refractivity (Wildman–Crippen MR) is 111 cm³/mol. The molecule has 4 heteroatoms. The molecule has 0 saturated carbocycles. The maximum absolute atomic E-state index is 5.98. The number of ether oxygens (including phenoxy) is 1. The molecule has 0 aromatic heterocycles. The Balaban J connectivity index is 1.78. The lowest BCUT2D eigenvalue weighted by atomic mass is 10.0. The monoisotopic (exact) mass is 353 g/mol. The highest BCUT2D eigenvalue weighted by atomic mass is 16.5. The number of anilines is 3. The molecular formula is C22H31N3O. The lowest BCUT2D eigenvalue weighted by Gasteiger charge is -2.43. The molecule has 3 unspecified atom stereocenters. The average Bonchev–Trinajstić information content (AvgIpc) is 2.60. The summed E-state index contributed by atoms with van der Waals surface area (Å²) in [4.78, 5) is 2.49. The Labute approximate surface area is 157 Å². The smallest absolute Gasteiger partial charge is 0.0751 e. The average molecular weight is 354 g/mol. The summed E-state index contributed by atoms with van der Waals surface area (Å²) in [5.74, 6) is 0. The highest BCUT2D eigenvalue weighted by molar-refractivity contribution is 5.65. The number of nitrogen functional groups attached to an aromatic ring is 1. The summed E-state index contributed by atoms with van der Waals surface area (Å²) in [5.41, 5.74) is 12.8. The summed E-state index contributed by atoms with van der Waals surface area (Å²) < 4.78 is 5.98. The number of nitrogens with zero attached hydrogens (tertiary/aromatic N) is 1. The summed E-state index contributed by atoms with van der Waals surface area (Å²) in [5, 5.41) is 3.56. The standard InChI is InChI=1S/C22H31N3O/c1-14-11-22(25-13-16(3)26-18(5)17(25)4)15(2)10-21(14)24-12-19-6-8-20(23)9-7-19/h6-11,16-18,24H,12-13,23H2,1-5H3. The number of rotatable bonds is 4. The van der Waals surface area contributed by atoms with Crippen LogP contribution in [0.3, 0.4) is 0 Å². The van der Waals surface area contributed by atoms with Gasteiger partial charge in [-0.1, -0.05) is 12.1 Å². The lowest BCUT2D eigenvalue weighted by Crippen LogP contribution is -2.52. The summed E-state index contributed by atoms with van der Waals surface area (Å²) >= 11 is 0. The zero-order valence-electron chi connectivity index (χ0n) is 16.5. The van der Waals surface area contributed by atoms with Gasteiger partial charge >= 0.3 is 0 Å². The molecule has 1 aliphatic heterocycles. The van der Waals surface area contributed by atoms with E-state index in [9.17, 15) is 0 Å². The van der Waals surface area contributed by atoms with E-state index in [2.05, 4.69) is 69.1 Å². The fraction of sp³-hybridized carbons (Fsp3) is 0.455. The maximum Gasteiger partial charge on any atom is 0.0751 e. The van der Waals surface area contributed by atoms with Crippen molar-refractivity contribution in [2.45, 2.75) is 59.4 Å². The number of hydrogen-bond donors (Lipinski definition) is 2. The van der Waals surface area contributed by atoms with Crippen molar-refractivity contribution in [3.63, 3.8) is 0 Å². The number of aryl methyl sites for hydroxylation is 2. The first-order chi connectivity index (χ1) is 12.3. The molecule has 1 heterocycles. The normalized spacial score (nSPS) is 23.1. The molecule has 3 N–H and O–H groups in total. The van der Waals surface area contributed by atoms with Crippen molar-refractivity contribution in [1.29, 1.82) is 0 Å². The van der Waals surface area contributed by atoms with Crippen LogP contribution in [0.25, 0.3) is 0 Å². The second-order valence-corrected chi connectivity index (χ2v) is 7.59. The van der Waals surface area contributed by atoms with Crippen molar-refractivity contribution in [3.8, 4) is 0 Å². The van der Waals surface area contributed by atoms with Crippen LogP contribution in [-0.2, 0) is 11.3 Å². The Morgan fingerprint density at radius 2 is 1.77 bits per heavy atom. The van der Waals surface area contributed by atoms with E-state index in [-0.39, 0.29) is 12.2 Å². The van der Waals surface area contributed by atoms with E-state index in [1.165, 1.54) is 28.1 Å². The molecule has 2 aromatic rings. The van der Waals surface area contributed by atoms with Crippen LogP contribution in [0.2, 0.25) is 0 Å². The van der Waals surface area contributed by atoms with E-state index in [0.717, 1.165) is 18.8 Å². The van der Waals surface area contributed by atoms with Crippen LogP contribution in [0.4, 0.5) is 17.1 Å². The molecule has 1 fully saturated rings. The van der Waals surface area contributed by atoms with Crippen LogP contribution in [0.1, 0.15) is 37.5 Å². The zero-order valence-corrected chi connectivity index (χ0v) is 16.5. The fourth-order valence-corrected chi connectivity index (χ4v) is 3.67. The Morgan fingerprint density at radius 3 is 2.46 bits per heavy atom. The molecule has 3 rings (SSSR count). The summed E-state index contributed by atoms with van der Waals surface area (Å²) in [7, 11) is 0. The Hall–Kier alpha value is -2.20. The van der Waals surface area contributed by atoms with Crippen molar-refractivity contribution in [2.24, 2.45) is 0 Å². The van der Waals surface area contributed by atoms with Gasteiger partial charge in [0.2, 0.25) is 0 Å². The molecule has 3 atom stereocenters. The highest BCUT2D eigenvalue weighted by Crippen LogP contribution is 2.32. The van der Waals surface area contributed by atoms with Gasteiger partial charge < -0.3 is 20.7 Å². The van der Waals surface area contributed by atoms with Crippen molar-refractivity contribution < 1.29 is 4.74 Å². The van der Waals surface area contributed by atoms with Gasteiger partial charge in [0.05, 0.1) is 18.2 Å². The van der Waals surface area contributed by atoms with Gasteiger partial charge in [0.1, 0.15) is 0 Å². The molecule has 0 spiro atoms. The van der Waals surface area contributed by atoms with Gasteiger partial charge in [0.15, 0.2) is 0 Å². The first-order valence-electron chi connectivity index (χ1n) is 9.46. The van der Waals surface area contributed by atoms with E-state index < -0.39 is 0 Å². The van der Waals surface area contributed by atoms with Gasteiger partial charge in [-0.2, -0.15) is 0 Å². The van der Waals surface area contributed by atoms with E-state index in [1.54, 1.807) is 0 Å². The van der Waals surface area contributed by atoms with Gasteiger partial charge in [-0.25, -0.2) is 0 Å². The van der Waals surface area contributed by atoms with Crippen molar-refractivity contribution in [1.82, 2.24) is 0 Å². The molecule has 26 heavy (non-hydrogen) atoms. The molecule has 0 bridgehead atoms. The first-order valence-corrected chi connectivity index (χ1v) is 9.46. The van der Waals surface area contributed by atoms with Crippen molar-refractivity contribution in [2.75, 3.05) is 22.5 Å². The van der Waals surface area contributed by atoms with Crippen LogP contribution >= 0.6 is 0 Å². The predicted octanol–water partition coefficient (Wildman–Crippen LogP) is 4.50. The molecule has 0 radical (unpaired) electrons. The van der Waals surface area contributed by atoms with Crippen LogP contribution < -0.4 is 16.0 Å². The lowest BCUT2D eigenvalue weighted by molar-refractivity contribution is -0.0258. The largest absolute Gasteiger partial charge is 0.399 e. The second kappa shape index (κ2) is 7.58. The van der Waals surface area contributed by atoms with E-state index >= 15 is 0 Å². The highest BCUT2D eigenvalue weighted by Gasteiger charge is 2.30. The maximum atomic E-state index is 5.98. The first kappa shape index (κ1) is 18.6. The number of nitrogens with two attached hydrogens (primary N) is 1. The molecule has 0 aliphatic carbocycles. The van der Waals surface area contributed by atoms with Gasteiger partial charge in [-0.05, 0) is 75.6 Å². The topological polar surface area (TPSA) is 50.5 Å². The van der Waals surface area contributed by atoms with Gasteiger partial charge in [0.25, 0.3) is 0 Å². The summed E-state index contributed by atoms with van der Waals surface area (Å²) in [6, 6.07) is 13.0. The fourth-order valence-electron chi connectivity index (χ4n) is 3.67. The van der Waals surface area contributed by atoms with Crippen molar-refractivity contribution in [3.05, 3.63) is 53.1 Å². The molecule has 0 amide bonds. The quantitative estimate of drug-likeness (QED) is 0.795. The van der Waals surface area contributed by atoms with Crippen LogP contribution in [0, 0.1) is 13.8 Å². The molecular weight excluding hydrogens is 322 g/mol. The minimum absolute atomic E-state index is 0.238. The number of hydrogen-bond acceptors (Lipinski definition) is 4.